The number of amides is 1. The fourth-order valence-electron chi connectivity index (χ4n) is 1.19. The average Bonchev–Trinajstić information content (AvgIpc) is 2.21. The minimum Gasteiger partial charge on any atom is -0.481 e. The number of carboxylic acid groups (broad SMARTS) is 1. The van der Waals surface area contributed by atoms with Crippen LogP contribution in [-0.4, -0.2) is 17.0 Å². The van der Waals surface area contributed by atoms with Crippen LogP contribution in [-0.2, 0) is 9.59 Å². The molecular formula is C11H14N2O3. The number of hydrogen-bond donors (Lipinski definition) is 3. The van der Waals surface area contributed by atoms with Crippen LogP contribution in [0.15, 0.2) is 24.3 Å². The van der Waals surface area contributed by atoms with E-state index in [9.17, 15) is 9.59 Å². The van der Waals surface area contributed by atoms with Crippen LogP contribution in [0, 0.1) is 0 Å². The number of nitrogens with two attached hydrogens (primary N) is 1. The zero-order valence-corrected chi connectivity index (χ0v) is 8.77. The van der Waals surface area contributed by atoms with Gasteiger partial charge in [-0.3, -0.25) is 9.59 Å². The molecule has 0 saturated heterocycles. The summed E-state index contributed by atoms with van der Waals surface area (Å²) in [6.45, 7) is 0. The minimum absolute atomic E-state index is 0.00909. The Balaban J connectivity index is 2.34. The molecule has 1 rings (SSSR count). The molecule has 0 aliphatic rings. The van der Waals surface area contributed by atoms with E-state index in [1.807, 2.05) is 0 Å². The fourth-order valence-corrected chi connectivity index (χ4v) is 1.19. The van der Waals surface area contributed by atoms with Crippen molar-refractivity contribution in [3.8, 4) is 0 Å². The molecule has 5 nitrogen and oxygen atoms in total. The van der Waals surface area contributed by atoms with Crippen LogP contribution < -0.4 is 11.1 Å². The Morgan fingerprint density at radius 1 is 1.19 bits per heavy atom. The molecule has 86 valence electrons. The normalized spacial score (nSPS) is 9.75. The summed E-state index contributed by atoms with van der Waals surface area (Å²) in [6, 6.07) is 6.77. The quantitative estimate of drug-likeness (QED) is 0.657. The van der Waals surface area contributed by atoms with Crippen LogP contribution in [0.3, 0.4) is 0 Å². The average molecular weight is 222 g/mol. The number of rotatable bonds is 5. The highest BCUT2D eigenvalue weighted by molar-refractivity contribution is 5.91. The number of nitrogens with one attached hydrogen (secondary N) is 1. The van der Waals surface area contributed by atoms with E-state index in [-0.39, 0.29) is 18.7 Å². The topological polar surface area (TPSA) is 92.4 Å². The second kappa shape index (κ2) is 5.75. The Morgan fingerprint density at radius 2 is 1.81 bits per heavy atom. The Hall–Kier alpha value is -2.04. The Bertz CT molecular complexity index is 373. The lowest BCUT2D eigenvalue weighted by molar-refractivity contribution is -0.137. The first-order valence-corrected chi connectivity index (χ1v) is 4.95. The lowest BCUT2D eigenvalue weighted by Gasteiger charge is -2.04. The van der Waals surface area contributed by atoms with Crippen LogP contribution in [0.2, 0.25) is 0 Å². The molecule has 4 N–H and O–H groups in total. The second-order valence-electron chi connectivity index (χ2n) is 3.42. The lowest BCUT2D eigenvalue weighted by atomic mass is 10.2. The molecule has 0 aromatic heterocycles. The van der Waals surface area contributed by atoms with E-state index in [4.69, 9.17) is 10.8 Å². The third-order valence-corrected chi connectivity index (χ3v) is 1.99. The number of carbonyl (C=O) groups is 2. The van der Waals surface area contributed by atoms with Gasteiger partial charge in [-0.05, 0) is 30.7 Å². The zero-order valence-electron chi connectivity index (χ0n) is 8.77. The number of anilines is 2. The van der Waals surface area contributed by atoms with Gasteiger partial charge in [-0.25, -0.2) is 0 Å². The number of nitrogen functional groups attached to an aromatic ring is 1. The van der Waals surface area contributed by atoms with E-state index in [1.165, 1.54) is 0 Å². The monoisotopic (exact) mass is 222 g/mol. The molecule has 0 saturated carbocycles. The molecule has 0 aliphatic carbocycles. The van der Waals surface area contributed by atoms with Gasteiger partial charge in [-0.1, -0.05) is 0 Å². The van der Waals surface area contributed by atoms with Crippen molar-refractivity contribution in [2.45, 2.75) is 19.3 Å². The van der Waals surface area contributed by atoms with Gasteiger partial charge >= 0.3 is 5.97 Å². The highest BCUT2D eigenvalue weighted by Crippen LogP contribution is 2.11. The first-order chi connectivity index (χ1) is 7.58. The van der Waals surface area contributed by atoms with E-state index in [1.54, 1.807) is 24.3 Å². The van der Waals surface area contributed by atoms with Crippen molar-refractivity contribution in [3.63, 3.8) is 0 Å². The number of carboxylic acids is 1. The van der Waals surface area contributed by atoms with Crippen LogP contribution in [0.1, 0.15) is 19.3 Å². The largest absolute Gasteiger partial charge is 0.481 e. The van der Waals surface area contributed by atoms with Crippen molar-refractivity contribution in [3.05, 3.63) is 24.3 Å². The molecular weight excluding hydrogens is 208 g/mol. The molecule has 0 spiro atoms. The van der Waals surface area contributed by atoms with Gasteiger partial charge in [0.2, 0.25) is 5.91 Å². The van der Waals surface area contributed by atoms with E-state index in [0.29, 0.717) is 17.8 Å². The van der Waals surface area contributed by atoms with Gasteiger partial charge in [0, 0.05) is 24.2 Å². The van der Waals surface area contributed by atoms with Gasteiger partial charge in [-0.2, -0.15) is 0 Å². The third-order valence-electron chi connectivity index (χ3n) is 1.99. The number of hydrogen-bond acceptors (Lipinski definition) is 3. The molecule has 1 aromatic carbocycles. The smallest absolute Gasteiger partial charge is 0.303 e. The summed E-state index contributed by atoms with van der Waals surface area (Å²) in [5, 5.41) is 11.1. The van der Waals surface area contributed by atoms with Gasteiger partial charge in [0.25, 0.3) is 0 Å². The highest BCUT2D eigenvalue weighted by atomic mass is 16.4. The van der Waals surface area contributed by atoms with Gasteiger partial charge in [-0.15, -0.1) is 0 Å². The maximum absolute atomic E-state index is 11.3. The summed E-state index contributed by atoms with van der Waals surface area (Å²) in [5.74, 6) is -1.08. The summed E-state index contributed by atoms with van der Waals surface area (Å²) in [4.78, 5) is 21.6. The molecule has 1 aromatic rings. The second-order valence-corrected chi connectivity index (χ2v) is 3.42. The first kappa shape index (κ1) is 12.0. The first-order valence-electron chi connectivity index (χ1n) is 4.95. The summed E-state index contributed by atoms with van der Waals surface area (Å²) in [6.07, 6.45) is 0.558. The molecule has 0 unspecified atom stereocenters. The zero-order chi connectivity index (χ0) is 12.0. The van der Waals surface area contributed by atoms with Gasteiger partial charge in [0.15, 0.2) is 0 Å². The number of carbonyl (C=O) groups excluding carboxylic acids is 1. The Kier molecular flexibility index (Phi) is 4.32. The molecule has 1 amide bonds. The Morgan fingerprint density at radius 3 is 2.38 bits per heavy atom. The van der Waals surface area contributed by atoms with Crippen molar-refractivity contribution in [2.24, 2.45) is 0 Å². The summed E-state index contributed by atoms with van der Waals surface area (Å²) < 4.78 is 0. The summed E-state index contributed by atoms with van der Waals surface area (Å²) in [5.41, 5.74) is 6.78. The van der Waals surface area contributed by atoms with Crippen molar-refractivity contribution in [1.29, 1.82) is 0 Å². The molecule has 5 heteroatoms. The van der Waals surface area contributed by atoms with Crippen LogP contribution in [0.25, 0.3) is 0 Å². The maximum Gasteiger partial charge on any atom is 0.303 e. The molecule has 0 heterocycles. The summed E-state index contributed by atoms with van der Waals surface area (Å²) >= 11 is 0. The van der Waals surface area contributed by atoms with Gasteiger partial charge in [0.05, 0.1) is 0 Å². The number of benzene rings is 1. The molecule has 0 bridgehead atoms. The van der Waals surface area contributed by atoms with E-state index in [0.717, 1.165) is 0 Å². The van der Waals surface area contributed by atoms with Crippen LogP contribution in [0.5, 0.6) is 0 Å². The molecule has 0 radical (unpaired) electrons. The van der Waals surface area contributed by atoms with Crippen molar-refractivity contribution in [1.82, 2.24) is 0 Å². The van der Waals surface area contributed by atoms with Gasteiger partial charge in [0.1, 0.15) is 0 Å². The molecule has 0 aliphatic heterocycles. The predicted molar refractivity (Wildman–Crippen MR) is 61.0 cm³/mol. The summed E-state index contributed by atoms with van der Waals surface area (Å²) in [7, 11) is 0. The van der Waals surface area contributed by atoms with Crippen molar-refractivity contribution < 1.29 is 14.7 Å². The van der Waals surface area contributed by atoms with Crippen LogP contribution in [0.4, 0.5) is 11.4 Å². The standard InChI is InChI=1S/C11H14N2O3/c12-8-4-6-9(7-5-8)13-10(14)2-1-3-11(15)16/h4-7H,1-3,12H2,(H,13,14)(H,15,16). The number of aliphatic carboxylic acids is 1. The van der Waals surface area contributed by atoms with E-state index in [2.05, 4.69) is 5.32 Å². The molecule has 16 heavy (non-hydrogen) atoms. The Labute approximate surface area is 93.3 Å². The lowest BCUT2D eigenvalue weighted by Crippen LogP contribution is -2.11. The fraction of sp³-hybridized carbons (Fsp3) is 0.273. The van der Waals surface area contributed by atoms with E-state index < -0.39 is 5.97 Å². The highest BCUT2D eigenvalue weighted by Gasteiger charge is 2.04. The van der Waals surface area contributed by atoms with Gasteiger partial charge < -0.3 is 16.2 Å². The molecule has 0 fully saturated rings. The third kappa shape index (κ3) is 4.45. The van der Waals surface area contributed by atoms with Crippen LogP contribution >= 0.6 is 0 Å². The van der Waals surface area contributed by atoms with Crippen molar-refractivity contribution >= 4 is 23.3 Å². The SMILES string of the molecule is Nc1ccc(NC(=O)CCCC(=O)O)cc1. The maximum atomic E-state index is 11.3. The predicted octanol–water partition coefficient (Wildman–Crippen LogP) is 1.46. The minimum atomic E-state index is -0.889. The molecule has 0 atom stereocenters. The van der Waals surface area contributed by atoms with E-state index >= 15 is 0 Å². The van der Waals surface area contributed by atoms with Crippen molar-refractivity contribution in [2.75, 3.05) is 11.1 Å².